The number of nitrogens with one attached hydrogen (secondary N) is 1. The topological polar surface area (TPSA) is 58.6 Å². The molecule has 2 amide bonds. The summed E-state index contributed by atoms with van der Waals surface area (Å²) in [5, 5.41) is 2.79. The van der Waals surface area contributed by atoms with Crippen LogP contribution in [0.4, 0.5) is 14.9 Å². The van der Waals surface area contributed by atoms with Crippen LogP contribution in [0, 0.1) is 11.7 Å². The van der Waals surface area contributed by atoms with Crippen molar-refractivity contribution in [3.8, 4) is 0 Å². The lowest BCUT2D eigenvalue weighted by molar-refractivity contribution is -0.124. The SMILES string of the molecule is CC(Cc1ccccc1F)C(=O)NCC1CN(c2ccccc2)C(=O)O1. The molecule has 1 fully saturated rings. The average Bonchev–Trinajstić information content (AvgIpc) is 3.03. The molecule has 2 aromatic carbocycles. The molecule has 1 N–H and O–H groups in total. The summed E-state index contributed by atoms with van der Waals surface area (Å²) in [6.07, 6.45) is -0.513. The van der Waals surface area contributed by atoms with Gasteiger partial charge in [-0.1, -0.05) is 43.3 Å². The number of amides is 2. The minimum atomic E-state index is -0.421. The second-order valence-corrected chi connectivity index (χ2v) is 6.39. The van der Waals surface area contributed by atoms with Gasteiger partial charge in [0.25, 0.3) is 0 Å². The molecule has 0 spiro atoms. The summed E-state index contributed by atoms with van der Waals surface area (Å²) in [6, 6.07) is 15.7. The molecule has 0 saturated carbocycles. The maximum atomic E-state index is 13.7. The number of nitrogens with zero attached hydrogens (tertiary/aromatic N) is 1. The first-order valence-corrected chi connectivity index (χ1v) is 8.59. The van der Waals surface area contributed by atoms with E-state index in [1.807, 2.05) is 30.3 Å². The predicted octanol–water partition coefficient (Wildman–Crippen LogP) is 3.15. The molecule has 2 unspecified atom stereocenters. The Hall–Kier alpha value is -2.89. The Morgan fingerprint density at radius 1 is 1.23 bits per heavy atom. The quantitative estimate of drug-likeness (QED) is 0.865. The van der Waals surface area contributed by atoms with Crippen molar-refractivity contribution in [2.45, 2.75) is 19.4 Å². The summed E-state index contributed by atoms with van der Waals surface area (Å²) in [6.45, 7) is 2.36. The number of ether oxygens (including phenoxy) is 1. The highest BCUT2D eigenvalue weighted by Gasteiger charge is 2.32. The van der Waals surface area contributed by atoms with Gasteiger partial charge in [0, 0.05) is 11.6 Å². The zero-order valence-corrected chi connectivity index (χ0v) is 14.5. The summed E-state index contributed by atoms with van der Waals surface area (Å²) < 4.78 is 19.0. The van der Waals surface area contributed by atoms with Crippen molar-refractivity contribution in [1.82, 2.24) is 5.32 Å². The summed E-state index contributed by atoms with van der Waals surface area (Å²) in [5.41, 5.74) is 1.27. The van der Waals surface area contributed by atoms with Crippen LogP contribution in [-0.4, -0.2) is 31.2 Å². The highest BCUT2D eigenvalue weighted by molar-refractivity contribution is 5.89. The molecule has 136 valence electrons. The van der Waals surface area contributed by atoms with Crippen LogP contribution >= 0.6 is 0 Å². The van der Waals surface area contributed by atoms with E-state index in [0.717, 1.165) is 5.69 Å². The van der Waals surface area contributed by atoms with Crippen LogP contribution in [0.25, 0.3) is 0 Å². The van der Waals surface area contributed by atoms with Gasteiger partial charge in [-0.05, 0) is 30.2 Å². The van der Waals surface area contributed by atoms with Gasteiger partial charge >= 0.3 is 6.09 Å². The van der Waals surface area contributed by atoms with Crippen LogP contribution in [0.2, 0.25) is 0 Å². The molecule has 0 radical (unpaired) electrons. The minimum Gasteiger partial charge on any atom is -0.442 e. The van der Waals surface area contributed by atoms with Gasteiger partial charge < -0.3 is 10.1 Å². The van der Waals surface area contributed by atoms with Crippen molar-refractivity contribution in [2.75, 3.05) is 18.0 Å². The van der Waals surface area contributed by atoms with Crippen LogP contribution in [0.3, 0.4) is 0 Å². The molecule has 2 atom stereocenters. The van der Waals surface area contributed by atoms with E-state index in [0.29, 0.717) is 18.5 Å². The van der Waals surface area contributed by atoms with Gasteiger partial charge in [-0.3, -0.25) is 9.69 Å². The Kier molecular flexibility index (Phi) is 5.51. The van der Waals surface area contributed by atoms with E-state index in [2.05, 4.69) is 5.32 Å². The Labute approximate surface area is 151 Å². The maximum Gasteiger partial charge on any atom is 0.414 e. The highest BCUT2D eigenvalue weighted by Crippen LogP contribution is 2.21. The normalized spacial score (nSPS) is 17.7. The van der Waals surface area contributed by atoms with Gasteiger partial charge in [-0.2, -0.15) is 0 Å². The van der Waals surface area contributed by atoms with Gasteiger partial charge in [-0.25, -0.2) is 9.18 Å². The summed E-state index contributed by atoms with van der Waals surface area (Å²) in [4.78, 5) is 25.8. The van der Waals surface area contributed by atoms with Gasteiger partial charge in [-0.15, -0.1) is 0 Å². The number of cyclic esters (lactones) is 1. The molecular weight excluding hydrogens is 335 g/mol. The number of halogens is 1. The lowest BCUT2D eigenvalue weighted by Gasteiger charge is -2.15. The van der Waals surface area contributed by atoms with Crippen LogP contribution in [0.15, 0.2) is 54.6 Å². The monoisotopic (exact) mass is 356 g/mol. The zero-order valence-electron chi connectivity index (χ0n) is 14.5. The summed E-state index contributed by atoms with van der Waals surface area (Å²) >= 11 is 0. The Balaban J connectivity index is 1.50. The molecule has 26 heavy (non-hydrogen) atoms. The fraction of sp³-hybridized carbons (Fsp3) is 0.300. The first-order chi connectivity index (χ1) is 12.5. The lowest BCUT2D eigenvalue weighted by atomic mass is 10.00. The van der Waals surface area contributed by atoms with Gasteiger partial charge in [0.05, 0.1) is 13.1 Å². The van der Waals surface area contributed by atoms with E-state index in [1.54, 1.807) is 30.0 Å². The molecule has 3 rings (SSSR count). The number of carbonyl (C=O) groups excluding carboxylic acids is 2. The van der Waals surface area contributed by atoms with E-state index in [-0.39, 0.29) is 24.2 Å². The van der Waals surface area contributed by atoms with E-state index in [9.17, 15) is 14.0 Å². The van der Waals surface area contributed by atoms with Gasteiger partial charge in [0.1, 0.15) is 11.9 Å². The number of para-hydroxylation sites is 1. The zero-order chi connectivity index (χ0) is 18.5. The molecule has 6 heteroatoms. The largest absolute Gasteiger partial charge is 0.442 e. The number of hydrogen-bond donors (Lipinski definition) is 1. The second kappa shape index (κ2) is 7.99. The fourth-order valence-corrected chi connectivity index (χ4v) is 2.92. The number of benzene rings is 2. The minimum absolute atomic E-state index is 0.192. The maximum absolute atomic E-state index is 13.7. The third kappa shape index (κ3) is 4.20. The molecule has 0 aromatic heterocycles. The van der Waals surface area contributed by atoms with Crippen LogP contribution in [0.5, 0.6) is 0 Å². The van der Waals surface area contributed by atoms with Gasteiger partial charge in [0.15, 0.2) is 0 Å². The molecule has 0 aliphatic carbocycles. The lowest BCUT2D eigenvalue weighted by Crippen LogP contribution is -2.37. The van der Waals surface area contributed by atoms with Crippen molar-refractivity contribution in [1.29, 1.82) is 0 Å². The van der Waals surface area contributed by atoms with Crippen molar-refractivity contribution in [3.63, 3.8) is 0 Å². The second-order valence-electron chi connectivity index (χ2n) is 6.39. The Bertz CT molecular complexity index is 782. The number of carbonyl (C=O) groups is 2. The van der Waals surface area contributed by atoms with Crippen molar-refractivity contribution < 1.29 is 18.7 Å². The first kappa shape index (κ1) is 17.9. The molecule has 1 aliphatic heterocycles. The van der Waals surface area contributed by atoms with Crippen molar-refractivity contribution in [2.24, 2.45) is 5.92 Å². The number of anilines is 1. The highest BCUT2D eigenvalue weighted by atomic mass is 19.1. The fourth-order valence-electron chi connectivity index (χ4n) is 2.92. The third-order valence-corrected chi connectivity index (χ3v) is 4.38. The first-order valence-electron chi connectivity index (χ1n) is 8.59. The van der Waals surface area contributed by atoms with Crippen molar-refractivity contribution >= 4 is 17.7 Å². The number of hydrogen-bond acceptors (Lipinski definition) is 3. The summed E-state index contributed by atoms with van der Waals surface area (Å²) in [5.74, 6) is -0.882. The molecule has 2 aromatic rings. The predicted molar refractivity (Wildman–Crippen MR) is 96.3 cm³/mol. The number of rotatable bonds is 6. The summed E-state index contributed by atoms with van der Waals surface area (Å²) in [7, 11) is 0. The Morgan fingerprint density at radius 3 is 2.65 bits per heavy atom. The molecule has 1 heterocycles. The molecule has 5 nitrogen and oxygen atoms in total. The van der Waals surface area contributed by atoms with E-state index >= 15 is 0 Å². The van der Waals surface area contributed by atoms with Gasteiger partial charge in [0.2, 0.25) is 5.91 Å². The van der Waals surface area contributed by atoms with Crippen LogP contribution < -0.4 is 10.2 Å². The molecular formula is C20H21FN2O3. The van der Waals surface area contributed by atoms with E-state index in [1.165, 1.54) is 6.07 Å². The smallest absolute Gasteiger partial charge is 0.414 e. The van der Waals surface area contributed by atoms with Crippen molar-refractivity contribution in [3.05, 3.63) is 66.0 Å². The molecule has 0 bridgehead atoms. The molecule has 1 aliphatic rings. The average molecular weight is 356 g/mol. The van der Waals surface area contributed by atoms with Crippen LogP contribution in [0.1, 0.15) is 12.5 Å². The third-order valence-electron chi connectivity index (χ3n) is 4.38. The van der Waals surface area contributed by atoms with Crippen LogP contribution in [-0.2, 0) is 16.0 Å². The van der Waals surface area contributed by atoms with E-state index in [4.69, 9.17) is 4.74 Å². The molecule has 1 saturated heterocycles. The standard InChI is InChI=1S/C20H21FN2O3/c1-14(11-15-7-5-6-10-18(15)21)19(24)22-12-17-13-23(20(25)26-17)16-8-3-2-4-9-16/h2-10,14,17H,11-13H2,1H3,(H,22,24). The Morgan fingerprint density at radius 2 is 1.92 bits per heavy atom. The van der Waals surface area contributed by atoms with E-state index < -0.39 is 12.2 Å².